The summed E-state index contributed by atoms with van der Waals surface area (Å²) in [6.45, 7) is 2.08. The number of aryl methyl sites for hydroxylation is 1. The molecule has 24 heavy (non-hydrogen) atoms. The number of hydrogen-bond donors (Lipinski definition) is 0. The molecule has 0 spiro atoms. The maximum Gasteiger partial charge on any atom is 0.163 e. The number of methoxy groups -OCH3 is 1. The zero-order valence-electron chi connectivity index (χ0n) is 13.6. The molecule has 0 fully saturated rings. The summed E-state index contributed by atoms with van der Waals surface area (Å²) < 4.78 is 7.14. The molecule has 0 aliphatic heterocycles. The Balaban J connectivity index is 1.91. The quantitative estimate of drug-likeness (QED) is 0.562. The Morgan fingerprint density at radius 2 is 1.67 bits per heavy atom. The first-order valence-electron chi connectivity index (χ1n) is 7.81. The molecule has 0 aliphatic rings. The number of nitrogens with zero attached hydrogens (tertiary/aromatic N) is 3. The summed E-state index contributed by atoms with van der Waals surface area (Å²) in [5, 5.41) is 5.86. The van der Waals surface area contributed by atoms with Gasteiger partial charge in [0.15, 0.2) is 5.65 Å². The zero-order chi connectivity index (χ0) is 16.5. The van der Waals surface area contributed by atoms with Crippen LogP contribution in [0.2, 0.25) is 0 Å². The Bertz CT molecular complexity index is 986. The molecule has 2 aromatic heterocycles. The van der Waals surface area contributed by atoms with E-state index in [1.165, 1.54) is 5.56 Å². The second-order valence-corrected chi connectivity index (χ2v) is 5.70. The number of fused-ring (bicyclic) bond motifs is 1. The second kappa shape index (κ2) is 5.81. The highest BCUT2D eigenvalue weighted by atomic mass is 16.5. The number of ether oxygens (including phenoxy) is 1. The summed E-state index contributed by atoms with van der Waals surface area (Å²) in [4.78, 5) is 4.54. The van der Waals surface area contributed by atoms with Crippen LogP contribution in [0.4, 0.5) is 0 Å². The van der Waals surface area contributed by atoms with Gasteiger partial charge in [-0.15, -0.1) is 0 Å². The van der Waals surface area contributed by atoms with Crippen molar-refractivity contribution in [1.82, 2.24) is 14.8 Å². The fourth-order valence-electron chi connectivity index (χ4n) is 2.78. The molecule has 118 valence electrons. The van der Waals surface area contributed by atoms with E-state index in [-0.39, 0.29) is 0 Å². The van der Waals surface area contributed by atoms with E-state index in [4.69, 9.17) is 9.84 Å². The van der Waals surface area contributed by atoms with Crippen LogP contribution in [0.25, 0.3) is 28.0 Å². The van der Waals surface area contributed by atoms with Crippen LogP contribution in [-0.2, 0) is 0 Å². The van der Waals surface area contributed by atoms with Crippen LogP contribution in [0.3, 0.4) is 0 Å². The third-order valence-corrected chi connectivity index (χ3v) is 4.08. The molecule has 0 aliphatic carbocycles. The van der Waals surface area contributed by atoms with Gasteiger partial charge >= 0.3 is 0 Å². The highest BCUT2D eigenvalue weighted by molar-refractivity contribution is 5.92. The van der Waals surface area contributed by atoms with Crippen molar-refractivity contribution in [3.05, 3.63) is 72.4 Å². The van der Waals surface area contributed by atoms with Crippen LogP contribution in [-0.4, -0.2) is 21.9 Å². The van der Waals surface area contributed by atoms with Crippen molar-refractivity contribution in [2.24, 2.45) is 0 Å². The van der Waals surface area contributed by atoms with Crippen molar-refractivity contribution in [3.8, 4) is 22.7 Å². The maximum atomic E-state index is 5.24. The summed E-state index contributed by atoms with van der Waals surface area (Å²) in [5.41, 5.74) is 5.04. The van der Waals surface area contributed by atoms with Crippen LogP contribution < -0.4 is 4.74 Å². The molecular weight excluding hydrogens is 298 g/mol. The minimum absolute atomic E-state index is 0.833. The summed E-state index contributed by atoms with van der Waals surface area (Å²) >= 11 is 0. The average Bonchev–Trinajstić information content (AvgIpc) is 3.02. The van der Waals surface area contributed by atoms with Crippen molar-refractivity contribution in [3.63, 3.8) is 0 Å². The van der Waals surface area contributed by atoms with E-state index >= 15 is 0 Å². The van der Waals surface area contributed by atoms with Gasteiger partial charge in [0.05, 0.1) is 12.8 Å². The van der Waals surface area contributed by atoms with E-state index in [2.05, 4.69) is 42.2 Å². The molecule has 0 bridgehead atoms. The van der Waals surface area contributed by atoms with Crippen molar-refractivity contribution in [2.75, 3.05) is 7.11 Å². The molecule has 4 heteroatoms. The lowest BCUT2D eigenvalue weighted by Crippen LogP contribution is -1.97. The summed E-state index contributed by atoms with van der Waals surface area (Å²) in [7, 11) is 1.67. The molecule has 0 amide bonds. The van der Waals surface area contributed by atoms with Crippen LogP contribution in [0.5, 0.6) is 5.75 Å². The third kappa shape index (κ3) is 2.42. The van der Waals surface area contributed by atoms with Crippen molar-refractivity contribution >= 4 is 11.0 Å². The number of benzene rings is 2. The Morgan fingerprint density at radius 3 is 2.38 bits per heavy atom. The van der Waals surface area contributed by atoms with E-state index in [1.807, 2.05) is 35.0 Å². The fraction of sp³-hybridized carbons (Fsp3) is 0.100. The second-order valence-electron chi connectivity index (χ2n) is 5.70. The first-order valence-corrected chi connectivity index (χ1v) is 7.81. The van der Waals surface area contributed by atoms with E-state index in [0.29, 0.717) is 0 Å². The van der Waals surface area contributed by atoms with Crippen LogP contribution in [0, 0.1) is 6.92 Å². The van der Waals surface area contributed by atoms with Gasteiger partial charge in [0, 0.05) is 17.1 Å². The predicted molar refractivity (Wildman–Crippen MR) is 95.6 cm³/mol. The first kappa shape index (κ1) is 14.5. The molecule has 0 N–H and O–H groups in total. The molecule has 4 nitrogen and oxygen atoms in total. The summed E-state index contributed by atoms with van der Waals surface area (Å²) in [5.74, 6) is 0.833. The predicted octanol–water partition coefficient (Wildman–Crippen LogP) is 4.40. The molecule has 0 atom stereocenters. The number of hydrogen-bond acceptors (Lipinski definition) is 3. The summed E-state index contributed by atoms with van der Waals surface area (Å²) in [6, 6.07) is 20.2. The van der Waals surface area contributed by atoms with Crippen molar-refractivity contribution in [2.45, 2.75) is 6.92 Å². The van der Waals surface area contributed by atoms with Crippen molar-refractivity contribution < 1.29 is 4.74 Å². The normalized spacial score (nSPS) is 10.9. The van der Waals surface area contributed by atoms with E-state index in [0.717, 1.165) is 33.7 Å². The maximum absolute atomic E-state index is 5.24. The molecule has 2 heterocycles. The Hall–Kier alpha value is -3.14. The molecule has 0 saturated carbocycles. The minimum Gasteiger partial charge on any atom is -0.497 e. The van der Waals surface area contributed by atoms with Gasteiger partial charge in [-0.25, -0.2) is 9.67 Å². The molecule has 0 radical (unpaired) electrons. The molecule has 2 aromatic carbocycles. The van der Waals surface area contributed by atoms with Crippen LogP contribution in [0.15, 0.2) is 66.9 Å². The standard InChI is InChI=1S/C20H17N3O/c1-14-5-9-16(10-6-14)23-20-18(4-3-13-21-20)19(22-23)15-7-11-17(24-2)12-8-15/h3-13H,1-2H3. The van der Waals surface area contributed by atoms with Crippen molar-refractivity contribution in [1.29, 1.82) is 0 Å². The average molecular weight is 315 g/mol. The first-order chi connectivity index (χ1) is 11.8. The number of pyridine rings is 1. The lowest BCUT2D eigenvalue weighted by atomic mass is 10.1. The van der Waals surface area contributed by atoms with Crippen LogP contribution >= 0.6 is 0 Å². The minimum atomic E-state index is 0.833. The van der Waals surface area contributed by atoms with Gasteiger partial charge in [0.25, 0.3) is 0 Å². The van der Waals surface area contributed by atoms with Gasteiger partial charge < -0.3 is 4.74 Å². The molecule has 4 rings (SSSR count). The molecular formula is C20H17N3O. The molecule has 4 aromatic rings. The van der Waals surface area contributed by atoms with Gasteiger partial charge in [0.1, 0.15) is 11.4 Å². The van der Waals surface area contributed by atoms with Crippen LogP contribution in [0.1, 0.15) is 5.56 Å². The Morgan fingerprint density at radius 1 is 0.917 bits per heavy atom. The van der Waals surface area contributed by atoms with Gasteiger partial charge in [-0.3, -0.25) is 0 Å². The lowest BCUT2D eigenvalue weighted by Gasteiger charge is -2.03. The monoisotopic (exact) mass is 315 g/mol. The highest BCUT2D eigenvalue weighted by Crippen LogP contribution is 2.29. The van der Waals surface area contributed by atoms with E-state index in [9.17, 15) is 0 Å². The number of aromatic nitrogens is 3. The summed E-state index contributed by atoms with van der Waals surface area (Å²) in [6.07, 6.45) is 1.80. The highest BCUT2D eigenvalue weighted by Gasteiger charge is 2.14. The van der Waals surface area contributed by atoms with E-state index in [1.54, 1.807) is 13.3 Å². The van der Waals surface area contributed by atoms with E-state index < -0.39 is 0 Å². The topological polar surface area (TPSA) is 39.9 Å². The lowest BCUT2D eigenvalue weighted by molar-refractivity contribution is 0.415. The number of rotatable bonds is 3. The van der Waals surface area contributed by atoms with Gasteiger partial charge in [-0.1, -0.05) is 17.7 Å². The van der Waals surface area contributed by atoms with Gasteiger partial charge in [0.2, 0.25) is 0 Å². The third-order valence-electron chi connectivity index (χ3n) is 4.08. The van der Waals surface area contributed by atoms with Gasteiger partial charge in [-0.05, 0) is 55.5 Å². The molecule has 0 saturated heterocycles. The SMILES string of the molecule is COc1ccc(-c2nn(-c3ccc(C)cc3)c3ncccc23)cc1. The Labute approximate surface area is 140 Å². The largest absolute Gasteiger partial charge is 0.497 e. The zero-order valence-corrected chi connectivity index (χ0v) is 13.6. The smallest absolute Gasteiger partial charge is 0.163 e. The fourth-order valence-corrected chi connectivity index (χ4v) is 2.78. The molecule has 0 unspecified atom stereocenters. The Kier molecular flexibility index (Phi) is 3.50. The van der Waals surface area contributed by atoms with Gasteiger partial charge in [-0.2, -0.15) is 5.10 Å².